The number of nitrogens with two attached hydrogens (primary N) is 1. The Morgan fingerprint density at radius 2 is 1.76 bits per heavy atom. The number of carbonyl (C=O) groups excluding carboxylic acids is 2. The Morgan fingerprint density at radius 3 is 2.24 bits per heavy atom. The maximum absolute atomic E-state index is 12.3. The van der Waals surface area contributed by atoms with Crippen molar-refractivity contribution >= 4 is 17.9 Å². The molecule has 2 aliphatic rings. The van der Waals surface area contributed by atoms with Crippen LogP contribution < -0.4 is 11.1 Å². The topological polar surface area (TPSA) is 113 Å². The van der Waals surface area contributed by atoms with Crippen LogP contribution in [0.15, 0.2) is 0 Å². The van der Waals surface area contributed by atoms with Gasteiger partial charge < -0.3 is 21.1 Å². The van der Waals surface area contributed by atoms with E-state index in [1.807, 2.05) is 0 Å². The monoisotopic (exact) mass is 297 g/mol. The van der Waals surface area contributed by atoms with E-state index in [-0.39, 0.29) is 6.54 Å². The molecule has 1 saturated heterocycles. The number of likely N-dealkylation sites (tertiary alicyclic amines) is 1. The lowest BCUT2D eigenvalue weighted by atomic mass is 9.82. The van der Waals surface area contributed by atoms with Crippen LogP contribution in [0.2, 0.25) is 0 Å². The third-order valence-electron chi connectivity index (χ3n) is 4.82. The van der Waals surface area contributed by atoms with Crippen LogP contribution in [0.25, 0.3) is 0 Å². The van der Waals surface area contributed by atoms with Crippen LogP contribution in [0.3, 0.4) is 0 Å². The second-order valence-corrected chi connectivity index (χ2v) is 6.47. The van der Waals surface area contributed by atoms with Gasteiger partial charge in [0.15, 0.2) is 0 Å². The molecule has 4 N–H and O–H groups in total. The van der Waals surface area contributed by atoms with Gasteiger partial charge in [0, 0.05) is 13.1 Å². The third kappa shape index (κ3) is 2.96. The molecule has 7 heteroatoms. The van der Waals surface area contributed by atoms with E-state index in [1.54, 1.807) is 6.92 Å². The number of rotatable bonds is 3. The molecule has 1 aliphatic heterocycles. The van der Waals surface area contributed by atoms with Crippen molar-refractivity contribution in [2.24, 2.45) is 11.1 Å². The molecule has 1 unspecified atom stereocenters. The van der Waals surface area contributed by atoms with Gasteiger partial charge in [-0.15, -0.1) is 0 Å². The van der Waals surface area contributed by atoms with Crippen molar-refractivity contribution < 1.29 is 19.5 Å². The van der Waals surface area contributed by atoms with Crippen molar-refractivity contribution in [2.45, 2.75) is 51.0 Å². The summed E-state index contributed by atoms with van der Waals surface area (Å²) >= 11 is 0. The maximum atomic E-state index is 12.3. The average Bonchev–Trinajstić information content (AvgIpc) is 2.84. The van der Waals surface area contributed by atoms with Gasteiger partial charge in [-0.25, -0.2) is 9.59 Å². The van der Waals surface area contributed by atoms with E-state index in [1.165, 1.54) is 4.90 Å². The summed E-state index contributed by atoms with van der Waals surface area (Å²) in [7, 11) is 0. The van der Waals surface area contributed by atoms with Gasteiger partial charge in [-0.2, -0.15) is 0 Å². The lowest BCUT2D eigenvalue weighted by Gasteiger charge is -2.35. The molecule has 1 atom stereocenters. The summed E-state index contributed by atoms with van der Waals surface area (Å²) in [6.45, 7) is 2.39. The van der Waals surface area contributed by atoms with Crippen molar-refractivity contribution in [3.05, 3.63) is 0 Å². The number of hydrogen-bond acceptors (Lipinski definition) is 3. The first-order valence-corrected chi connectivity index (χ1v) is 7.39. The predicted molar refractivity (Wildman–Crippen MR) is 75.5 cm³/mol. The summed E-state index contributed by atoms with van der Waals surface area (Å²) in [4.78, 5) is 36.8. The van der Waals surface area contributed by atoms with Gasteiger partial charge in [0.05, 0.1) is 5.41 Å². The number of aliphatic carboxylic acids is 1. The minimum Gasteiger partial charge on any atom is -0.480 e. The summed E-state index contributed by atoms with van der Waals surface area (Å²) in [6, 6.07) is -0.413. The molecule has 0 bridgehead atoms. The molecule has 118 valence electrons. The van der Waals surface area contributed by atoms with Gasteiger partial charge in [0.25, 0.3) is 0 Å². The third-order valence-corrected chi connectivity index (χ3v) is 4.82. The smallest absolute Gasteiger partial charge is 0.329 e. The van der Waals surface area contributed by atoms with Crippen LogP contribution in [0.1, 0.15) is 45.4 Å². The van der Waals surface area contributed by atoms with Crippen molar-refractivity contribution in [1.29, 1.82) is 0 Å². The maximum Gasteiger partial charge on any atom is 0.329 e. The Morgan fingerprint density at radius 1 is 1.14 bits per heavy atom. The molecule has 2 rings (SSSR count). The Balaban J connectivity index is 2.04. The molecule has 3 amide bonds. The largest absolute Gasteiger partial charge is 0.480 e. The predicted octanol–water partition coefficient (Wildman–Crippen LogP) is 0.681. The first-order valence-electron chi connectivity index (χ1n) is 7.39. The number of nitrogens with one attached hydrogen (secondary N) is 1. The van der Waals surface area contributed by atoms with E-state index in [9.17, 15) is 19.5 Å². The molecule has 0 spiro atoms. The number of primary amides is 1. The van der Waals surface area contributed by atoms with Crippen molar-refractivity contribution in [3.8, 4) is 0 Å². The zero-order valence-electron chi connectivity index (χ0n) is 12.4. The van der Waals surface area contributed by atoms with Crippen LogP contribution in [0, 0.1) is 5.41 Å². The molecule has 1 aliphatic carbocycles. The van der Waals surface area contributed by atoms with Gasteiger partial charge >= 0.3 is 12.0 Å². The van der Waals surface area contributed by atoms with E-state index in [0.29, 0.717) is 25.8 Å². The van der Waals surface area contributed by atoms with Gasteiger partial charge in [0.2, 0.25) is 5.91 Å². The van der Waals surface area contributed by atoms with Crippen LogP contribution in [0.4, 0.5) is 4.79 Å². The fourth-order valence-electron chi connectivity index (χ4n) is 3.17. The molecule has 0 radical (unpaired) electrons. The highest BCUT2D eigenvalue weighted by molar-refractivity contribution is 5.87. The lowest BCUT2D eigenvalue weighted by Crippen LogP contribution is -2.58. The van der Waals surface area contributed by atoms with E-state index in [2.05, 4.69) is 5.32 Å². The molecule has 0 aromatic heterocycles. The van der Waals surface area contributed by atoms with Gasteiger partial charge in [0.1, 0.15) is 5.54 Å². The molecule has 1 heterocycles. The Bertz CT molecular complexity index is 459. The fourth-order valence-corrected chi connectivity index (χ4v) is 3.17. The van der Waals surface area contributed by atoms with Gasteiger partial charge in [-0.1, -0.05) is 19.3 Å². The highest BCUT2D eigenvalue weighted by Gasteiger charge is 2.45. The second kappa shape index (κ2) is 5.54. The number of carbonyl (C=O) groups is 3. The lowest BCUT2D eigenvalue weighted by molar-refractivity contribution is -0.146. The molecule has 2 fully saturated rings. The van der Waals surface area contributed by atoms with Gasteiger partial charge in [-0.3, -0.25) is 4.79 Å². The van der Waals surface area contributed by atoms with Gasteiger partial charge in [-0.05, 0) is 26.2 Å². The van der Waals surface area contributed by atoms with E-state index >= 15 is 0 Å². The van der Waals surface area contributed by atoms with Crippen LogP contribution in [-0.2, 0) is 9.59 Å². The van der Waals surface area contributed by atoms with E-state index < -0.39 is 28.9 Å². The fraction of sp³-hybridized carbons (Fsp3) is 0.786. The summed E-state index contributed by atoms with van der Waals surface area (Å²) < 4.78 is 0. The number of amides is 3. The Labute approximate surface area is 123 Å². The highest BCUT2D eigenvalue weighted by Crippen LogP contribution is 2.32. The summed E-state index contributed by atoms with van der Waals surface area (Å²) in [5.41, 5.74) is 3.47. The molecular formula is C14H23N3O4. The minimum atomic E-state index is -1.17. The molecule has 0 aromatic carbocycles. The first kappa shape index (κ1) is 15.6. The van der Waals surface area contributed by atoms with Crippen molar-refractivity contribution in [1.82, 2.24) is 10.2 Å². The van der Waals surface area contributed by atoms with Crippen molar-refractivity contribution in [3.63, 3.8) is 0 Å². The number of urea groups is 1. The summed E-state index contributed by atoms with van der Waals surface area (Å²) in [6.07, 6.45) is 4.01. The normalized spacial score (nSPS) is 28.1. The highest BCUT2D eigenvalue weighted by atomic mass is 16.4. The molecule has 0 aromatic rings. The van der Waals surface area contributed by atoms with Crippen LogP contribution >= 0.6 is 0 Å². The molecule has 21 heavy (non-hydrogen) atoms. The molecule has 1 saturated carbocycles. The van der Waals surface area contributed by atoms with E-state index in [0.717, 1.165) is 19.3 Å². The zero-order valence-corrected chi connectivity index (χ0v) is 12.4. The average molecular weight is 297 g/mol. The SMILES string of the molecule is CC1(C(N)=O)CCN(C(=O)NC2(C(=O)O)CCCCC2)C1. The minimum absolute atomic E-state index is 0.240. The van der Waals surface area contributed by atoms with Crippen LogP contribution in [-0.4, -0.2) is 46.5 Å². The molecule has 7 nitrogen and oxygen atoms in total. The standard InChI is InChI=1S/C14H23N3O4/c1-13(10(15)18)7-8-17(9-13)12(21)16-14(11(19)20)5-3-2-4-6-14/h2-9H2,1H3,(H2,15,18)(H,16,21)(H,19,20). The van der Waals surface area contributed by atoms with Crippen molar-refractivity contribution in [2.75, 3.05) is 13.1 Å². The summed E-state index contributed by atoms with van der Waals surface area (Å²) in [5.74, 6) is -1.41. The number of carboxylic acid groups (broad SMARTS) is 1. The number of hydrogen-bond donors (Lipinski definition) is 3. The van der Waals surface area contributed by atoms with E-state index in [4.69, 9.17) is 5.73 Å². The second-order valence-electron chi connectivity index (χ2n) is 6.47. The summed E-state index contributed by atoms with van der Waals surface area (Å²) in [5, 5.41) is 12.1. The number of carboxylic acids is 1. The molecular weight excluding hydrogens is 274 g/mol. The first-order chi connectivity index (χ1) is 9.79. The Kier molecular flexibility index (Phi) is 4.11. The van der Waals surface area contributed by atoms with Crippen LogP contribution in [0.5, 0.6) is 0 Å². The zero-order chi connectivity index (χ0) is 15.7. The quantitative estimate of drug-likeness (QED) is 0.711. The number of nitrogens with zero attached hydrogens (tertiary/aromatic N) is 1. The Hall–Kier alpha value is -1.79.